The van der Waals surface area contributed by atoms with Crippen LogP contribution in [-0.2, 0) is 16.1 Å². The molecule has 41 heavy (non-hydrogen) atoms. The van der Waals surface area contributed by atoms with E-state index in [-0.39, 0.29) is 42.5 Å². The molecule has 0 aromatic heterocycles. The van der Waals surface area contributed by atoms with Gasteiger partial charge in [-0.25, -0.2) is 4.39 Å². The first-order valence-electron chi connectivity index (χ1n) is 14.0. The normalized spacial score (nSPS) is 19.8. The van der Waals surface area contributed by atoms with Gasteiger partial charge in [0.2, 0.25) is 11.8 Å². The smallest absolute Gasteiger partial charge is 0.256 e. The number of rotatable bonds is 5. The van der Waals surface area contributed by atoms with Crippen LogP contribution >= 0.6 is 0 Å². The average molecular weight is 555 g/mol. The summed E-state index contributed by atoms with van der Waals surface area (Å²) in [5, 5.41) is 2.27. The highest BCUT2D eigenvalue weighted by molar-refractivity contribution is 6.06. The van der Waals surface area contributed by atoms with Gasteiger partial charge in [-0.3, -0.25) is 29.4 Å². The molecule has 6 rings (SSSR count). The summed E-state index contributed by atoms with van der Waals surface area (Å²) in [5.41, 5.74) is 2.94. The zero-order valence-electron chi connectivity index (χ0n) is 22.6. The molecule has 3 aliphatic heterocycles. The van der Waals surface area contributed by atoms with Crippen molar-refractivity contribution in [3.63, 3.8) is 0 Å². The molecule has 0 saturated carbocycles. The summed E-state index contributed by atoms with van der Waals surface area (Å²) in [5.74, 6) is -2.53. The molecule has 3 heterocycles. The van der Waals surface area contributed by atoms with Crippen LogP contribution < -0.4 is 5.32 Å². The van der Waals surface area contributed by atoms with Crippen LogP contribution in [0.3, 0.4) is 0 Å². The number of carbonyl (C=O) groups is 4. The molecule has 9 heteroatoms. The SMILES string of the molecule is O=C1CCC(N2Cc3cc(C(=O)N4CCCN(C(c5ccccc5)c5ccccc5)CC4)c(F)cc3C2=O)C(=O)N1. The maximum Gasteiger partial charge on any atom is 0.256 e. The number of nitrogens with zero attached hydrogens (tertiary/aromatic N) is 3. The molecule has 8 nitrogen and oxygen atoms in total. The van der Waals surface area contributed by atoms with Crippen molar-refractivity contribution in [1.29, 1.82) is 0 Å². The minimum absolute atomic E-state index is 0.0356. The molecule has 2 saturated heterocycles. The molecule has 4 amide bonds. The Morgan fingerprint density at radius 2 is 1.56 bits per heavy atom. The van der Waals surface area contributed by atoms with Crippen molar-refractivity contribution >= 4 is 23.6 Å². The number of fused-ring (bicyclic) bond motifs is 1. The summed E-state index contributed by atoms with van der Waals surface area (Å²) < 4.78 is 15.3. The lowest BCUT2D eigenvalue weighted by Gasteiger charge is -2.31. The molecular weight excluding hydrogens is 523 g/mol. The van der Waals surface area contributed by atoms with Gasteiger partial charge in [0.1, 0.15) is 11.9 Å². The lowest BCUT2D eigenvalue weighted by molar-refractivity contribution is -0.136. The van der Waals surface area contributed by atoms with E-state index < -0.39 is 29.6 Å². The van der Waals surface area contributed by atoms with Crippen molar-refractivity contribution in [2.24, 2.45) is 0 Å². The number of imide groups is 1. The van der Waals surface area contributed by atoms with E-state index >= 15 is 4.39 Å². The van der Waals surface area contributed by atoms with Gasteiger partial charge < -0.3 is 9.80 Å². The van der Waals surface area contributed by atoms with Crippen LogP contribution in [0.5, 0.6) is 0 Å². The minimum atomic E-state index is -0.798. The molecule has 0 aliphatic carbocycles. The number of carbonyl (C=O) groups excluding carboxylic acids is 4. The second kappa shape index (κ2) is 11.2. The van der Waals surface area contributed by atoms with Crippen LogP contribution in [0.25, 0.3) is 0 Å². The zero-order chi connectivity index (χ0) is 28.5. The van der Waals surface area contributed by atoms with Crippen LogP contribution in [0.4, 0.5) is 4.39 Å². The summed E-state index contributed by atoms with van der Waals surface area (Å²) >= 11 is 0. The molecule has 3 aromatic carbocycles. The standard InChI is InChI=1S/C32H31FN4O4/c33-26-19-24-23(20-37(32(24)41)27-12-13-28(38)34-30(27)39)18-25(26)31(40)36-15-7-14-35(16-17-36)29(21-8-3-1-4-9-21)22-10-5-2-6-11-22/h1-6,8-11,18-19,27,29H,7,12-17,20H2,(H,34,38,39). The quantitative estimate of drug-likeness (QED) is 0.488. The number of halogens is 1. The Kier molecular flexibility index (Phi) is 7.36. The summed E-state index contributed by atoms with van der Waals surface area (Å²) in [6.45, 7) is 2.41. The highest BCUT2D eigenvalue weighted by atomic mass is 19.1. The van der Waals surface area contributed by atoms with E-state index in [4.69, 9.17) is 0 Å². The van der Waals surface area contributed by atoms with E-state index in [0.717, 1.165) is 19.0 Å². The number of hydrogen-bond acceptors (Lipinski definition) is 5. The molecule has 210 valence electrons. The van der Waals surface area contributed by atoms with Gasteiger partial charge in [0.15, 0.2) is 0 Å². The summed E-state index contributed by atoms with van der Waals surface area (Å²) in [6.07, 6.45) is 1.09. The lowest BCUT2D eigenvalue weighted by atomic mass is 9.97. The molecular formula is C32H31FN4O4. The summed E-state index contributed by atoms with van der Waals surface area (Å²) in [7, 11) is 0. The predicted octanol–water partition coefficient (Wildman–Crippen LogP) is 3.52. The van der Waals surface area contributed by atoms with Crippen LogP contribution in [0.15, 0.2) is 72.8 Å². The first kappa shape index (κ1) is 26.8. The number of amides is 4. The van der Waals surface area contributed by atoms with Gasteiger partial charge >= 0.3 is 0 Å². The Bertz CT molecular complexity index is 1460. The second-order valence-corrected chi connectivity index (χ2v) is 10.8. The maximum absolute atomic E-state index is 15.3. The number of hydrogen-bond donors (Lipinski definition) is 1. The van der Waals surface area contributed by atoms with Crippen molar-refractivity contribution < 1.29 is 23.6 Å². The lowest BCUT2D eigenvalue weighted by Crippen LogP contribution is -2.52. The van der Waals surface area contributed by atoms with Gasteiger partial charge in [-0.2, -0.15) is 0 Å². The third-order valence-corrected chi connectivity index (χ3v) is 8.26. The van der Waals surface area contributed by atoms with Crippen LogP contribution in [-0.4, -0.2) is 70.5 Å². The molecule has 1 N–H and O–H groups in total. The Morgan fingerprint density at radius 3 is 2.22 bits per heavy atom. The Morgan fingerprint density at radius 1 is 0.878 bits per heavy atom. The molecule has 2 fully saturated rings. The summed E-state index contributed by atoms with van der Waals surface area (Å²) in [4.78, 5) is 56.0. The average Bonchev–Trinajstić information content (AvgIpc) is 3.13. The highest BCUT2D eigenvalue weighted by Crippen LogP contribution is 2.32. The molecule has 0 spiro atoms. The van der Waals surface area contributed by atoms with Crippen molar-refractivity contribution in [1.82, 2.24) is 20.0 Å². The number of benzene rings is 3. The van der Waals surface area contributed by atoms with E-state index in [2.05, 4.69) is 34.5 Å². The van der Waals surface area contributed by atoms with Crippen LogP contribution in [0.1, 0.15) is 62.7 Å². The largest absolute Gasteiger partial charge is 0.337 e. The van der Waals surface area contributed by atoms with Gasteiger partial charge in [-0.15, -0.1) is 0 Å². The van der Waals surface area contributed by atoms with E-state index in [1.807, 2.05) is 36.4 Å². The van der Waals surface area contributed by atoms with Crippen molar-refractivity contribution in [2.75, 3.05) is 26.2 Å². The van der Waals surface area contributed by atoms with E-state index in [1.54, 1.807) is 4.90 Å². The minimum Gasteiger partial charge on any atom is -0.337 e. The molecule has 0 bridgehead atoms. The first-order chi connectivity index (χ1) is 19.9. The fourth-order valence-corrected chi connectivity index (χ4v) is 6.21. The third-order valence-electron chi connectivity index (χ3n) is 8.26. The predicted molar refractivity (Wildman–Crippen MR) is 149 cm³/mol. The van der Waals surface area contributed by atoms with Crippen molar-refractivity contribution in [3.8, 4) is 0 Å². The van der Waals surface area contributed by atoms with Crippen LogP contribution in [0.2, 0.25) is 0 Å². The van der Waals surface area contributed by atoms with Crippen molar-refractivity contribution in [3.05, 3.63) is 106 Å². The third kappa shape index (κ3) is 5.25. The first-order valence-corrected chi connectivity index (χ1v) is 14.0. The highest BCUT2D eigenvalue weighted by Gasteiger charge is 2.40. The second-order valence-electron chi connectivity index (χ2n) is 10.8. The monoisotopic (exact) mass is 554 g/mol. The fourth-order valence-electron chi connectivity index (χ4n) is 6.21. The van der Waals surface area contributed by atoms with Crippen LogP contribution in [0, 0.1) is 5.82 Å². The topological polar surface area (TPSA) is 90.0 Å². The molecule has 3 aliphatic rings. The fraction of sp³-hybridized carbons (Fsp3) is 0.312. The summed E-state index contributed by atoms with van der Waals surface area (Å²) in [6, 6.07) is 22.4. The molecule has 1 atom stereocenters. The number of nitrogens with one attached hydrogen (secondary N) is 1. The van der Waals surface area contributed by atoms with E-state index in [0.29, 0.717) is 25.2 Å². The Labute approximate surface area is 237 Å². The molecule has 3 aromatic rings. The molecule has 1 unspecified atom stereocenters. The zero-order valence-corrected chi connectivity index (χ0v) is 22.6. The van der Waals surface area contributed by atoms with Gasteiger partial charge in [-0.05, 0) is 41.7 Å². The Balaban J connectivity index is 1.19. The van der Waals surface area contributed by atoms with Gasteiger partial charge in [-0.1, -0.05) is 60.7 Å². The van der Waals surface area contributed by atoms with Crippen molar-refractivity contribution in [2.45, 2.75) is 37.9 Å². The van der Waals surface area contributed by atoms with E-state index in [9.17, 15) is 19.2 Å². The van der Waals surface area contributed by atoms with Gasteiger partial charge in [0.05, 0.1) is 11.6 Å². The van der Waals surface area contributed by atoms with Gasteiger partial charge in [0, 0.05) is 44.7 Å². The molecule has 0 radical (unpaired) electrons. The Hall–Kier alpha value is -4.37. The van der Waals surface area contributed by atoms with E-state index in [1.165, 1.54) is 22.1 Å². The van der Waals surface area contributed by atoms with Gasteiger partial charge in [0.25, 0.3) is 11.8 Å². The maximum atomic E-state index is 15.3. The number of piperidine rings is 1.